The molecule has 0 unspecified atom stereocenters. The summed E-state index contributed by atoms with van der Waals surface area (Å²) in [6.45, 7) is 3.28. The Morgan fingerprint density at radius 3 is 2.67 bits per heavy atom. The van der Waals surface area contributed by atoms with E-state index in [0.717, 1.165) is 31.5 Å². The van der Waals surface area contributed by atoms with Gasteiger partial charge in [0.2, 0.25) is 0 Å². The summed E-state index contributed by atoms with van der Waals surface area (Å²) in [7, 11) is 0. The molecule has 0 radical (unpaired) electrons. The Morgan fingerprint density at radius 1 is 1.23 bits per heavy atom. The SMILES string of the molecule is Nc1ccc(CO[C@@H]2CC(=O)[C@@H](N3CCOCC3)[C@@H]2CC=CCCCC(=O)O)cc1. The lowest BCUT2D eigenvalue weighted by Gasteiger charge is -2.35. The van der Waals surface area contributed by atoms with Crippen molar-refractivity contribution >= 4 is 17.4 Å². The van der Waals surface area contributed by atoms with Crippen molar-refractivity contribution in [3.05, 3.63) is 42.0 Å². The lowest BCUT2D eigenvalue weighted by atomic mass is 9.95. The molecule has 0 amide bonds. The van der Waals surface area contributed by atoms with E-state index in [9.17, 15) is 9.59 Å². The van der Waals surface area contributed by atoms with Crippen LogP contribution in [-0.2, 0) is 25.7 Å². The first-order chi connectivity index (χ1) is 14.5. The molecule has 1 aromatic carbocycles. The van der Waals surface area contributed by atoms with Gasteiger partial charge >= 0.3 is 5.97 Å². The van der Waals surface area contributed by atoms with E-state index >= 15 is 0 Å². The minimum absolute atomic E-state index is 0.0834. The van der Waals surface area contributed by atoms with Crippen LogP contribution in [0, 0.1) is 5.92 Å². The Kier molecular flexibility index (Phi) is 8.42. The molecule has 2 aliphatic rings. The minimum atomic E-state index is -0.770. The van der Waals surface area contributed by atoms with E-state index in [1.807, 2.05) is 30.3 Å². The third kappa shape index (κ3) is 6.39. The fourth-order valence-corrected chi connectivity index (χ4v) is 4.27. The van der Waals surface area contributed by atoms with Crippen LogP contribution in [0.25, 0.3) is 0 Å². The number of rotatable bonds is 10. The monoisotopic (exact) mass is 416 g/mol. The number of nitrogen functional groups attached to an aromatic ring is 1. The largest absolute Gasteiger partial charge is 0.481 e. The smallest absolute Gasteiger partial charge is 0.303 e. The molecule has 3 N–H and O–H groups in total. The molecular weight excluding hydrogens is 384 g/mol. The summed E-state index contributed by atoms with van der Waals surface area (Å²) in [5, 5.41) is 8.75. The van der Waals surface area contributed by atoms with Crippen molar-refractivity contribution in [3.8, 4) is 0 Å². The number of carbonyl (C=O) groups excluding carboxylic acids is 1. The number of Topliss-reactive ketones (excluding diaryl/α,β-unsaturated/α-hetero) is 1. The van der Waals surface area contributed by atoms with E-state index in [1.54, 1.807) is 0 Å². The molecule has 1 heterocycles. The maximum atomic E-state index is 12.9. The van der Waals surface area contributed by atoms with Crippen LogP contribution < -0.4 is 5.73 Å². The van der Waals surface area contributed by atoms with Gasteiger partial charge in [-0.05, 0) is 37.0 Å². The number of morpholine rings is 1. The highest BCUT2D eigenvalue weighted by atomic mass is 16.5. The predicted octanol–water partition coefficient (Wildman–Crippen LogP) is 2.64. The highest BCUT2D eigenvalue weighted by Gasteiger charge is 2.45. The lowest BCUT2D eigenvalue weighted by molar-refractivity contribution is -0.137. The quantitative estimate of drug-likeness (QED) is 0.343. The number of aliphatic carboxylic acids is 1. The van der Waals surface area contributed by atoms with E-state index in [-0.39, 0.29) is 30.3 Å². The van der Waals surface area contributed by atoms with Gasteiger partial charge in [0.25, 0.3) is 0 Å². The summed E-state index contributed by atoms with van der Waals surface area (Å²) >= 11 is 0. The molecule has 1 aliphatic carbocycles. The van der Waals surface area contributed by atoms with E-state index in [2.05, 4.69) is 11.0 Å². The molecule has 7 nitrogen and oxygen atoms in total. The third-order valence-electron chi connectivity index (χ3n) is 5.83. The molecule has 1 saturated heterocycles. The molecule has 2 fully saturated rings. The van der Waals surface area contributed by atoms with Gasteiger partial charge in [-0.15, -0.1) is 0 Å². The fraction of sp³-hybridized carbons (Fsp3) is 0.565. The van der Waals surface area contributed by atoms with Gasteiger partial charge in [0, 0.05) is 37.5 Å². The Morgan fingerprint density at radius 2 is 1.97 bits per heavy atom. The van der Waals surface area contributed by atoms with E-state index in [1.165, 1.54) is 0 Å². The van der Waals surface area contributed by atoms with Gasteiger partial charge in [-0.25, -0.2) is 0 Å². The molecule has 164 valence electrons. The highest BCUT2D eigenvalue weighted by molar-refractivity contribution is 5.87. The van der Waals surface area contributed by atoms with Crippen molar-refractivity contribution in [2.75, 3.05) is 32.0 Å². The topological polar surface area (TPSA) is 102 Å². The summed E-state index contributed by atoms with van der Waals surface area (Å²) in [5.74, 6) is -0.447. The van der Waals surface area contributed by atoms with Crippen LogP contribution in [0.4, 0.5) is 5.69 Å². The van der Waals surface area contributed by atoms with E-state index in [0.29, 0.717) is 38.3 Å². The van der Waals surface area contributed by atoms with Crippen molar-refractivity contribution in [1.29, 1.82) is 0 Å². The highest BCUT2D eigenvalue weighted by Crippen LogP contribution is 2.34. The first kappa shape index (κ1) is 22.5. The zero-order chi connectivity index (χ0) is 21.3. The Hall–Kier alpha value is -2.22. The molecule has 1 saturated carbocycles. The minimum Gasteiger partial charge on any atom is -0.481 e. The van der Waals surface area contributed by atoms with Crippen LogP contribution in [0.5, 0.6) is 0 Å². The standard InChI is InChI=1S/C23H32N2O5/c24-18-9-7-17(8-10-18)16-30-21-15-20(26)23(25-11-13-29-14-12-25)19(21)5-3-1-2-4-6-22(27)28/h1,3,7-10,19,21,23H,2,4-6,11-16,24H2,(H,27,28)/t19-,21-,23+/m1/s1. The molecule has 0 bridgehead atoms. The predicted molar refractivity (Wildman–Crippen MR) is 114 cm³/mol. The van der Waals surface area contributed by atoms with Gasteiger partial charge in [-0.2, -0.15) is 0 Å². The molecule has 1 aliphatic heterocycles. The maximum absolute atomic E-state index is 12.9. The molecule has 3 atom stereocenters. The molecule has 30 heavy (non-hydrogen) atoms. The number of anilines is 1. The van der Waals surface area contributed by atoms with Crippen molar-refractivity contribution in [1.82, 2.24) is 4.90 Å². The fourth-order valence-electron chi connectivity index (χ4n) is 4.27. The van der Waals surface area contributed by atoms with Gasteiger partial charge in [0.05, 0.1) is 32.0 Å². The molecular formula is C23H32N2O5. The number of carbonyl (C=O) groups is 2. The van der Waals surface area contributed by atoms with Crippen LogP contribution in [0.1, 0.15) is 37.7 Å². The average Bonchev–Trinajstić information content (AvgIpc) is 3.05. The zero-order valence-electron chi connectivity index (χ0n) is 17.4. The van der Waals surface area contributed by atoms with E-state index < -0.39 is 5.97 Å². The normalized spacial score (nSPS) is 25.2. The first-order valence-electron chi connectivity index (χ1n) is 10.7. The van der Waals surface area contributed by atoms with Crippen LogP contribution in [-0.4, -0.2) is 60.2 Å². The van der Waals surface area contributed by atoms with Gasteiger partial charge in [-0.1, -0.05) is 24.3 Å². The number of benzene rings is 1. The van der Waals surface area contributed by atoms with Crippen LogP contribution >= 0.6 is 0 Å². The summed E-state index contributed by atoms with van der Waals surface area (Å²) in [4.78, 5) is 25.8. The van der Waals surface area contributed by atoms with Crippen molar-refractivity contribution in [2.24, 2.45) is 5.92 Å². The number of hydrogen-bond acceptors (Lipinski definition) is 6. The van der Waals surface area contributed by atoms with Gasteiger partial charge in [0.15, 0.2) is 5.78 Å². The van der Waals surface area contributed by atoms with Crippen LogP contribution in [0.15, 0.2) is 36.4 Å². The maximum Gasteiger partial charge on any atom is 0.303 e. The lowest BCUT2D eigenvalue weighted by Crippen LogP contribution is -2.49. The number of carboxylic acids is 1. The summed E-state index contributed by atoms with van der Waals surface area (Å²) < 4.78 is 11.7. The van der Waals surface area contributed by atoms with E-state index in [4.69, 9.17) is 20.3 Å². The number of nitrogens with zero attached hydrogens (tertiary/aromatic N) is 1. The van der Waals surface area contributed by atoms with Gasteiger partial charge in [0.1, 0.15) is 0 Å². The van der Waals surface area contributed by atoms with Gasteiger partial charge in [-0.3, -0.25) is 14.5 Å². The van der Waals surface area contributed by atoms with Gasteiger partial charge < -0.3 is 20.3 Å². The molecule has 7 heteroatoms. The summed E-state index contributed by atoms with van der Waals surface area (Å²) in [5.41, 5.74) is 7.50. The number of allylic oxidation sites excluding steroid dienone is 2. The Labute approximate surface area is 177 Å². The Balaban J connectivity index is 1.62. The molecule has 3 rings (SSSR count). The average molecular weight is 417 g/mol. The number of carboxylic acid groups (broad SMARTS) is 1. The van der Waals surface area contributed by atoms with Crippen molar-refractivity contribution < 1.29 is 24.2 Å². The molecule has 0 aromatic heterocycles. The second-order valence-electron chi connectivity index (χ2n) is 8.01. The number of nitrogens with two attached hydrogens (primary N) is 1. The number of ketones is 1. The van der Waals surface area contributed by atoms with Crippen LogP contribution in [0.2, 0.25) is 0 Å². The van der Waals surface area contributed by atoms with Crippen molar-refractivity contribution in [3.63, 3.8) is 0 Å². The van der Waals surface area contributed by atoms with Crippen LogP contribution in [0.3, 0.4) is 0 Å². The zero-order valence-corrected chi connectivity index (χ0v) is 17.4. The number of hydrogen-bond donors (Lipinski definition) is 2. The second kappa shape index (κ2) is 11.2. The second-order valence-corrected chi connectivity index (χ2v) is 8.01. The third-order valence-corrected chi connectivity index (χ3v) is 5.83. The van der Waals surface area contributed by atoms with Crippen molar-refractivity contribution in [2.45, 2.75) is 50.9 Å². The number of unbranched alkanes of at least 4 members (excludes halogenated alkanes) is 1. The summed E-state index contributed by atoms with van der Waals surface area (Å²) in [6, 6.07) is 7.46. The number of ether oxygens (including phenoxy) is 2. The Bertz CT molecular complexity index is 728. The first-order valence-corrected chi connectivity index (χ1v) is 10.7. The molecule has 1 aromatic rings. The summed E-state index contributed by atoms with van der Waals surface area (Å²) in [6.07, 6.45) is 6.67. The molecule has 0 spiro atoms.